The van der Waals surface area contributed by atoms with Crippen LogP contribution in [0.3, 0.4) is 0 Å². The molecule has 0 radical (unpaired) electrons. The molecule has 2 aromatic heterocycles. The largest absolute Gasteiger partial charge is 0.456 e. The van der Waals surface area contributed by atoms with E-state index >= 15 is 0 Å². The molecule has 0 atom stereocenters. The highest BCUT2D eigenvalue weighted by Crippen LogP contribution is 2.53. The normalized spacial score (nSPS) is 13.9. The Morgan fingerprint density at radius 3 is 2.36 bits per heavy atom. The van der Waals surface area contributed by atoms with Gasteiger partial charge >= 0.3 is 0 Å². The lowest BCUT2D eigenvalue weighted by molar-refractivity contribution is 0.659. The fourth-order valence-electron chi connectivity index (χ4n) is 7.09. The lowest BCUT2D eigenvalue weighted by Gasteiger charge is -2.22. The molecule has 1 aliphatic rings. The van der Waals surface area contributed by atoms with Crippen molar-refractivity contribution in [1.29, 1.82) is 0 Å². The van der Waals surface area contributed by atoms with Crippen molar-refractivity contribution in [3.63, 3.8) is 0 Å². The van der Waals surface area contributed by atoms with E-state index in [0.717, 1.165) is 27.8 Å². The molecule has 0 saturated carbocycles. The third-order valence-corrected chi connectivity index (χ3v) is 8.71. The van der Waals surface area contributed by atoms with E-state index in [4.69, 9.17) is 4.42 Å². The summed E-state index contributed by atoms with van der Waals surface area (Å²) in [5.74, 6) is 0. The van der Waals surface area contributed by atoms with Gasteiger partial charge in [-0.2, -0.15) is 0 Å². The van der Waals surface area contributed by atoms with Crippen molar-refractivity contribution >= 4 is 43.7 Å². The number of hydrogen-bond donors (Lipinski definition) is 0. The van der Waals surface area contributed by atoms with Crippen molar-refractivity contribution in [3.05, 3.63) is 123 Å². The summed E-state index contributed by atoms with van der Waals surface area (Å²) in [6, 6.07) is 31.9. The van der Waals surface area contributed by atoms with E-state index in [0.29, 0.717) is 21.9 Å². The molecule has 0 aliphatic heterocycles. The number of rotatable bonds is 1. The lowest BCUT2D eigenvalue weighted by Crippen LogP contribution is -2.15. The third kappa shape index (κ3) is 2.85. The van der Waals surface area contributed by atoms with Crippen LogP contribution in [0.1, 0.15) is 36.1 Å². The molecule has 3 heteroatoms. The maximum absolute atomic E-state index is 13.5. The van der Waals surface area contributed by atoms with Crippen LogP contribution in [0.4, 0.5) is 0 Å². The van der Waals surface area contributed by atoms with Gasteiger partial charge < -0.3 is 8.98 Å². The second kappa shape index (κ2) is 7.48. The van der Waals surface area contributed by atoms with Gasteiger partial charge in [-0.15, -0.1) is 0 Å². The minimum atomic E-state index is -0.120. The van der Waals surface area contributed by atoms with Gasteiger partial charge in [0, 0.05) is 27.9 Å². The highest BCUT2D eigenvalue weighted by molar-refractivity contribution is 6.14. The van der Waals surface area contributed by atoms with Gasteiger partial charge in [0.25, 0.3) is 0 Å². The van der Waals surface area contributed by atoms with Gasteiger partial charge in [0.05, 0.1) is 21.8 Å². The second-order valence-electron chi connectivity index (χ2n) is 11.5. The average Bonchev–Trinajstić information content (AvgIpc) is 3.37. The fraction of sp³-hybridized carbons (Fsp3) is 0.139. The molecule has 39 heavy (non-hydrogen) atoms. The smallest absolute Gasteiger partial charge is 0.200 e. The van der Waals surface area contributed by atoms with Crippen LogP contribution in [-0.4, -0.2) is 4.57 Å². The second-order valence-corrected chi connectivity index (χ2v) is 11.5. The van der Waals surface area contributed by atoms with Crippen LogP contribution in [-0.2, 0) is 5.41 Å². The van der Waals surface area contributed by atoms with Gasteiger partial charge in [-0.1, -0.05) is 68.4 Å². The molecule has 3 nitrogen and oxygen atoms in total. The Morgan fingerprint density at radius 1 is 0.692 bits per heavy atom. The lowest BCUT2D eigenvalue weighted by atomic mass is 9.80. The average molecular weight is 506 g/mol. The van der Waals surface area contributed by atoms with Crippen molar-refractivity contribution in [1.82, 2.24) is 4.57 Å². The zero-order valence-corrected chi connectivity index (χ0v) is 22.4. The first kappa shape index (κ1) is 22.4. The molecule has 0 saturated heterocycles. The molecule has 1 aliphatic carbocycles. The molecule has 5 aromatic carbocycles. The molecule has 0 N–H and O–H groups in total. The zero-order valence-electron chi connectivity index (χ0n) is 22.4. The molecule has 0 fully saturated rings. The Hall–Kier alpha value is -4.63. The fourth-order valence-corrected chi connectivity index (χ4v) is 7.09. The molecule has 2 heterocycles. The monoisotopic (exact) mass is 505 g/mol. The van der Waals surface area contributed by atoms with Crippen molar-refractivity contribution < 1.29 is 4.42 Å². The quantitative estimate of drug-likeness (QED) is 0.209. The van der Waals surface area contributed by atoms with Crippen LogP contribution in [0, 0.1) is 13.8 Å². The summed E-state index contributed by atoms with van der Waals surface area (Å²) < 4.78 is 8.70. The summed E-state index contributed by atoms with van der Waals surface area (Å²) in [4.78, 5) is 13.5. The van der Waals surface area contributed by atoms with Crippen molar-refractivity contribution in [2.24, 2.45) is 0 Å². The third-order valence-electron chi connectivity index (χ3n) is 8.71. The highest BCUT2D eigenvalue weighted by atomic mass is 16.3. The van der Waals surface area contributed by atoms with Crippen LogP contribution in [0.2, 0.25) is 0 Å². The first-order valence-corrected chi connectivity index (χ1v) is 13.5. The number of para-hydroxylation sites is 1. The van der Waals surface area contributed by atoms with Crippen molar-refractivity contribution in [2.45, 2.75) is 33.1 Å². The number of hydrogen-bond acceptors (Lipinski definition) is 2. The Labute approximate surface area is 225 Å². The van der Waals surface area contributed by atoms with Crippen LogP contribution in [0.25, 0.3) is 60.6 Å². The number of nitrogens with zero attached hydrogens (tertiary/aromatic N) is 1. The van der Waals surface area contributed by atoms with Crippen LogP contribution < -0.4 is 5.43 Å². The van der Waals surface area contributed by atoms with E-state index in [-0.39, 0.29) is 10.8 Å². The Bertz CT molecular complexity index is 2240. The van der Waals surface area contributed by atoms with Crippen molar-refractivity contribution in [3.8, 4) is 16.8 Å². The summed E-state index contributed by atoms with van der Waals surface area (Å²) in [5, 5.41) is 3.79. The van der Waals surface area contributed by atoms with Crippen LogP contribution in [0.5, 0.6) is 0 Å². The Balaban J connectivity index is 1.47. The molecule has 7 aromatic rings. The van der Waals surface area contributed by atoms with E-state index in [1.807, 2.05) is 44.2 Å². The SMILES string of the molecule is Cc1cc(C)c2c(=O)c3ccc(-n4c5ccccc5c5c6c(ccc54)-c4ccccc4C6(C)C)cc3oc2c1. The van der Waals surface area contributed by atoms with Crippen molar-refractivity contribution in [2.75, 3.05) is 0 Å². The maximum atomic E-state index is 13.5. The minimum Gasteiger partial charge on any atom is -0.456 e. The molecule has 8 rings (SSSR count). The van der Waals surface area contributed by atoms with Gasteiger partial charge in [0.2, 0.25) is 5.43 Å². The van der Waals surface area contributed by atoms with E-state index in [1.165, 1.54) is 33.0 Å². The topological polar surface area (TPSA) is 35.1 Å². The van der Waals surface area contributed by atoms with Gasteiger partial charge in [0.15, 0.2) is 0 Å². The Kier molecular flexibility index (Phi) is 4.29. The van der Waals surface area contributed by atoms with E-state index in [9.17, 15) is 4.79 Å². The van der Waals surface area contributed by atoms with Crippen LogP contribution in [0.15, 0.2) is 100 Å². The molecular formula is C36H27NO2. The number of aromatic nitrogens is 1. The predicted octanol–water partition coefficient (Wildman–Crippen LogP) is 8.97. The molecule has 188 valence electrons. The number of fused-ring (bicyclic) bond motifs is 9. The summed E-state index contributed by atoms with van der Waals surface area (Å²) in [6.45, 7) is 8.68. The molecule has 0 bridgehead atoms. The zero-order chi connectivity index (χ0) is 26.6. The molecule has 0 spiro atoms. The highest BCUT2D eigenvalue weighted by Gasteiger charge is 2.37. The number of benzene rings is 5. The van der Waals surface area contributed by atoms with Crippen LogP contribution >= 0.6 is 0 Å². The first-order chi connectivity index (χ1) is 18.8. The predicted molar refractivity (Wildman–Crippen MR) is 161 cm³/mol. The summed E-state index contributed by atoms with van der Waals surface area (Å²) >= 11 is 0. The van der Waals surface area contributed by atoms with Gasteiger partial charge in [-0.3, -0.25) is 4.79 Å². The van der Waals surface area contributed by atoms with Gasteiger partial charge in [0.1, 0.15) is 11.2 Å². The summed E-state index contributed by atoms with van der Waals surface area (Å²) in [5.41, 5.74) is 11.8. The number of aryl methyl sites for hydroxylation is 2. The molecule has 0 unspecified atom stereocenters. The Morgan fingerprint density at radius 2 is 1.49 bits per heavy atom. The standard InChI is InChI=1S/C36H27NO2/c1-20-17-21(2)32-31(18-20)39-30-19-22(13-14-26(30)35(32)38)37-28-12-8-6-10-25(28)33-29(37)16-15-24-23-9-5-7-11-27(23)36(3,4)34(24)33/h5-19H,1-4H3. The summed E-state index contributed by atoms with van der Waals surface area (Å²) in [7, 11) is 0. The summed E-state index contributed by atoms with van der Waals surface area (Å²) in [6.07, 6.45) is 0. The molecular weight excluding hydrogens is 478 g/mol. The van der Waals surface area contributed by atoms with E-state index in [2.05, 4.69) is 79.1 Å². The molecule has 0 amide bonds. The maximum Gasteiger partial charge on any atom is 0.200 e. The van der Waals surface area contributed by atoms with Gasteiger partial charge in [-0.05, 0) is 77.6 Å². The van der Waals surface area contributed by atoms with Gasteiger partial charge in [-0.25, -0.2) is 0 Å². The van der Waals surface area contributed by atoms with E-state index < -0.39 is 0 Å². The minimum absolute atomic E-state index is 0.0230. The first-order valence-electron chi connectivity index (χ1n) is 13.5. The van der Waals surface area contributed by atoms with E-state index in [1.54, 1.807) is 0 Å².